The second kappa shape index (κ2) is 15.6. The number of amides is 1. The van der Waals surface area contributed by atoms with Crippen LogP contribution in [0, 0.1) is 6.92 Å². The zero-order valence-corrected chi connectivity index (χ0v) is 24.0. The number of carbonyl (C=O) groups excluding carboxylic acids is 1. The summed E-state index contributed by atoms with van der Waals surface area (Å²) in [5, 5.41) is 0. The highest BCUT2D eigenvalue weighted by Gasteiger charge is 2.16. The molecule has 0 heterocycles. The van der Waals surface area contributed by atoms with Gasteiger partial charge in [0.2, 0.25) is 5.91 Å². The van der Waals surface area contributed by atoms with E-state index < -0.39 is 0 Å². The van der Waals surface area contributed by atoms with Gasteiger partial charge in [0.1, 0.15) is 17.4 Å². The molecule has 1 saturated carbocycles. The Morgan fingerprint density at radius 2 is 1.38 bits per heavy atom. The van der Waals surface area contributed by atoms with E-state index in [-0.39, 0.29) is 11.8 Å². The van der Waals surface area contributed by atoms with E-state index in [4.69, 9.17) is 21.0 Å². The van der Waals surface area contributed by atoms with Crippen molar-refractivity contribution < 1.29 is 14.2 Å². The molecular formula is C33H41BClNO3. The van der Waals surface area contributed by atoms with Crippen LogP contribution < -0.4 is 14.3 Å². The van der Waals surface area contributed by atoms with Crippen molar-refractivity contribution in [2.45, 2.75) is 83.5 Å². The van der Waals surface area contributed by atoms with Crippen molar-refractivity contribution >= 4 is 30.7 Å². The quantitative estimate of drug-likeness (QED) is 0.199. The van der Waals surface area contributed by atoms with Crippen LogP contribution >= 0.6 is 11.6 Å². The van der Waals surface area contributed by atoms with E-state index in [1.165, 1.54) is 64.2 Å². The molecule has 0 spiro atoms. The zero-order chi connectivity index (χ0) is 27.3. The Hall–Kier alpha value is -2.92. The monoisotopic (exact) mass is 545 g/mol. The lowest BCUT2D eigenvalue weighted by molar-refractivity contribution is -0.116. The van der Waals surface area contributed by atoms with E-state index in [0.717, 1.165) is 35.8 Å². The van der Waals surface area contributed by atoms with Gasteiger partial charge in [0.05, 0.1) is 12.3 Å². The first-order valence-corrected chi connectivity index (χ1v) is 15.1. The number of halogens is 1. The summed E-state index contributed by atoms with van der Waals surface area (Å²) in [6, 6.07) is 23.6. The van der Waals surface area contributed by atoms with Crippen LogP contribution in [0.2, 0.25) is 5.82 Å². The van der Waals surface area contributed by atoms with Gasteiger partial charge >= 0.3 is 7.48 Å². The highest BCUT2D eigenvalue weighted by molar-refractivity contribution is 6.30. The molecule has 0 bridgehead atoms. The second-order valence-corrected chi connectivity index (χ2v) is 11.0. The van der Waals surface area contributed by atoms with Crippen LogP contribution in [-0.4, -0.2) is 19.3 Å². The first kappa shape index (κ1) is 29.1. The summed E-state index contributed by atoms with van der Waals surface area (Å²) < 4.78 is 12.2. The molecule has 6 heteroatoms. The summed E-state index contributed by atoms with van der Waals surface area (Å²) in [6.45, 7) is 2.51. The number of hydrogen-bond acceptors (Lipinski definition) is 3. The molecule has 0 aromatic heterocycles. The Balaban J connectivity index is 1.31. The predicted molar refractivity (Wildman–Crippen MR) is 164 cm³/mol. The van der Waals surface area contributed by atoms with Crippen LogP contribution in [0.4, 0.5) is 5.69 Å². The predicted octanol–water partition coefficient (Wildman–Crippen LogP) is 8.99. The first-order valence-electron chi connectivity index (χ1n) is 14.5. The average Bonchev–Trinajstić information content (AvgIpc) is 3.02. The molecule has 206 valence electrons. The molecule has 0 saturated heterocycles. The fourth-order valence-electron chi connectivity index (χ4n) is 5.27. The number of hydrogen-bond donors (Lipinski definition) is 0. The Morgan fingerprint density at radius 1 is 0.821 bits per heavy atom. The van der Waals surface area contributed by atoms with Crippen LogP contribution in [0.1, 0.15) is 75.3 Å². The summed E-state index contributed by atoms with van der Waals surface area (Å²) in [4.78, 5) is 14.3. The Labute approximate surface area is 239 Å². The number of nitrogens with zero attached hydrogens (tertiary/aromatic N) is 1. The minimum absolute atomic E-state index is 0.0702. The Kier molecular flexibility index (Phi) is 11.6. The van der Waals surface area contributed by atoms with Crippen molar-refractivity contribution in [1.82, 2.24) is 0 Å². The van der Waals surface area contributed by atoms with Gasteiger partial charge in [0.15, 0.2) is 0 Å². The van der Waals surface area contributed by atoms with Crippen LogP contribution in [0.5, 0.6) is 17.2 Å². The molecule has 4 rings (SSSR count). The molecule has 3 aromatic carbocycles. The lowest BCUT2D eigenvalue weighted by atomic mass is 9.73. The van der Waals surface area contributed by atoms with Crippen molar-refractivity contribution in [3.05, 3.63) is 83.9 Å². The molecule has 1 fully saturated rings. The number of rotatable bonds is 9. The first-order chi connectivity index (χ1) is 19.1. The smallest absolute Gasteiger partial charge is 0.343 e. The van der Waals surface area contributed by atoms with Crippen LogP contribution in [0.25, 0.3) is 0 Å². The van der Waals surface area contributed by atoms with E-state index in [1.807, 2.05) is 73.7 Å². The van der Waals surface area contributed by atoms with E-state index >= 15 is 0 Å². The van der Waals surface area contributed by atoms with Gasteiger partial charge in [-0.1, -0.05) is 94.0 Å². The van der Waals surface area contributed by atoms with Crippen molar-refractivity contribution in [3.8, 4) is 17.2 Å². The van der Waals surface area contributed by atoms with Crippen molar-refractivity contribution in [1.29, 1.82) is 0 Å². The normalized spacial score (nSPS) is 15.1. The lowest BCUT2D eigenvalue weighted by Crippen LogP contribution is -2.31. The molecule has 39 heavy (non-hydrogen) atoms. The number of aryl methyl sites for hydroxylation is 1. The van der Waals surface area contributed by atoms with E-state index in [0.29, 0.717) is 18.1 Å². The van der Waals surface area contributed by atoms with Crippen molar-refractivity contribution in [2.24, 2.45) is 0 Å². The summed E-state index contributed by atoms with van der Waals surface area (Å²) in [6.07, 6.45) is 13.5. The number of carbonyl (C=O) groups is 1. The van der Waals surface area contributed by atoms with Crippen molar-refractivity contribution in [2.75, 3.05) is 10.8 Å². The van der Waals surface area contributed by atoms with Gasteiger partial charge in [-0.3, -0.25) is 4.79 Å². The largest absolute Gasteiger partial charge is 0.564 e. The molecule has 4 nitrogen and oxygen atoms in total. The molecule has 0 radical (unpaired) electrons. The third kappa shape index (κ3) is 9.65. The van der Waals surface area contributed by atoms with Gasteiger partial charge < -0.3 is 14.3 Å². The fraction of sp³-hybridized carbons (Fsp3) is 0.424. The third-order valence-electron chi connectivity index (χ3n) is 7.51. The number of alkyl halides is 1. The van der Waals surface area contributed by atoms with Gasteiger partial charge in [-0.05, 0) is 66.8 Å². The molecule has 0 N–H and O–H groups in total. The molecule has 1 aliphatic carbocycles. The molecule has 0 unspecified atom stereocenters. The van der Waals surface area contributed by atoms with E-state index in [9.17, 15) is 4.79 Å². The highest BCUT2D eigenvalue weighted by Crippen LogP contribution is 2.29. The lowest BCUT2D eigenvalue weighted by Gasteiger charge is -2.22. The molecule has 3 aromatic rings. The second-order valence-electron chi connectivity index (χ2n) is 10.8. The van der Waals surface area contributed by atoms with Gasteiger partial charge in [0, 0.05) is 5.69 Å². The maximum Gasteiger partial charge on any atom is 0.343 e. The molecule has 1 aliphatic rings. The minimum atomic E-state index is -0.136. The fourth-order valence-corrected chi connectivity index (χ4v) is 5.42. The summed E-state index contributed by atoms with van der Waals surface area (Å²) in [5.41, 5.74) is 3.01. The number of anilines is 1. The highest BCUT2D eigenvalue weighted by atomic mass is 35.5. The summed E-state index contributed by atoms with van der Waals surface area (Å²) >= 11 is 5.92. The standard InChI is InChI=1S/C33H41BClNO3/c1-26-11-10-12-27(23-26)25-36(33(37)24-35)29-15-17-30(18-16-29)38-31-19-21-32(22-20-31)39-34-28-13-8-6-4-2-3-5-7-9-14-28/h10-12,15-23,28,34H,2-9,13-14,24-25H2,1H3. The molecule has 0 aliphatic heterocycles. The van der Waals surface area contributed by atoms with Gasteiger partial charge in [-0.25, -0.2) is 0 Å². The maximum absolute atomic E-state index is 12.6. The maximum atomic E-state index is 12.6. The van der Waals surface area contributed by atoms with Crippen LogP contribution in [0.15, 0.2) is 72.8 Å². The SMILES string of the molecule is Cc1cccc(CN(C(=O)CCl)c2ccc(Oc3ccc(OBC4CCCCCCCCCC4)cc3)cc2)c1. The third-order valence-corrected chi connectivity index (χ3v) is 7.74. The van der Waals surface area contributed by atoms with Crippen LogP contribution in [-0.2, 0) is 11.3 Å². The molecular weight excluding hydrogens is 505 g/mol. The van der Waals surface area contributed by atoms with Crippen molar-refractivity contribution in [3.63, 3.8) is 0 Å². The summed E-state index contributed by atoms with van der Waals surface area (Å²) in [5.74, 6) is 2.78. The molecule has 1 amide bonds. The Bertz CT molecular complexity index is 1140. The van der Waals surface area contributed by atoms with Gasteiger partial charge in [-0.15, -0.1) is 11.6 Å². The topological polar surface area (TPSA) is 38.8 Å². The van der Waals surface area contributed by atoms with Gasteiger partial charge in [0.25, 0.3) is 0 Å². The number of ether oxygens (including phenoxy) is 1. The Morgan fingerprint density at radius 3 is 1.97 bits per heavy atom. The zero-order valence-electron chi connectivity index (χ0n) is 23.2. The van der Waals surface area contributed by atoms with E-state index in [1.54, 1.807) is 4.90 Å². The minimum Gasteiger partial charge on any atom is -0.564 e. The summed E-state index contributed by atoms with van der Waals surface area (Å²) in [7, 11) is 0.793. The van der Waals surface area contributed by atoms with Gasteiger partial charge in [-0.2, -0.15) is 0 Å². The molecule has 0 atom stereocenters. The van der Waals surface area contributed by atoms with Crippen LogP contribution in [0.3, 0.4) is 0 Å². The average molecular weight is 546 g/mol. The van der Waals surface area contributed by atoms with E-state index in [2.05, 4.69) is 6.07 Å². The number of benzene rings is 3.